The summed E-state index contributed by atoms with van der Waals surface area (Å²) in [6.45, 7) is 3.45. The summed E-state index contributed by atoms with van der Waals surface area (Å²) in [5.74, 6) is 0.480. The topological polar surface area (TPSA) is 37.4 Å². The first kappa shape index (κ1) is 11.1. The van der Waals surface area contributed by atoms with Crippen LogP contribution in [-0.4, -0.2) is 25.8 Å². The summed E-state index contributed by atoms with van der Waals surface area (Å²) >= 11 is 1.30. The summed E-state index contributed by atoms with van der Waals surface area (Å²) < 4.78 is 26.3. The first-order valence-electron chi connectivity index (χ1n) is 5.14. The molecule has 1 aromatic heterocycles. The molecule has 0 aliphatic carbocycles. The lowest BCUT2D eigenvalue weighted by Gasteiger charge is -2.29. The maximum atomic E-state index is 12.1. The van der Waals surface area contributed by atoms with E-state index >= 15 is 0 Å². The van der Waals surface area contributed by atoms with Crippen molar-refractivity contribution in [1.29, 1.82) is 0 Å². The summed E-state index contributed by atoms with van der Waals surface area (Å²) in [7, 11) is -3.20. The summed E-state index contributed by atoms with van der Waals surface area (Å²) in [6.07, 6.45) is 2.11. The van der Waals surface area contributed by atoms with Gasteiger partial charge in [-0.3, -0.25) is 0 Å². The molecule has 0 N–H and O–H groups in total. The van der Waals surface area contributed by atoms with Crippen molar-refractivity contribution >= 4 is 21.4 Å². The van der Waals surface area contributed by atoms with E-state index in [-0.39, 0.29) is 0 Å². The fourth-order valence-electron chi connectivity index (χ4n) is 1.90. The molecule has 0 bridgehead atoms. The molecule has 0 saturated carbocycles. The highest BCUT2D eigenvalue weighted by molar-refractivity contribution is 7.91. The van der Waals surface area contributed by atoms with Crippen LogP contribution in [0, 0.1) is 5.92 Å². The van der Waals surface area contributed by atoms with Gasteiger partial charge in [-0.1, -0.05) is 13.0 Å². The fraction of sp³-hybridized carbons (Fsp3) is 0.600. The lowest BCUT2D eigenvalue weighted by atomic mass is 10.0. The minimum absolute atomic E-state index is 0.469. The zero-order valence-electron chi connectivity index (χ0n) is 8.72. The van der Waals surface area contributed by atoms with Crippen molar-refractivity contribution in [1.82, 2.24) is 4.31 Å². The number of sulfonamides is 1. The molecule has 1 aliphatic heterocycles. The Balaban J connectivity index is 2.22. The molecule has 0 spiro atoms. The zero-order chi connectivity index (χ0) is 10.9. The van der Waals surface area contributed by atoms with Gasteiger partial charge in [0.05, 0.1) is 0 Å². The molecular weight excluding hydrogens is 230 g/mol. The van der Waals surface area contributed by atoms with Crippen molar-refractivity contribution in [2.24, 2.45) is 5.92 Å². The molecule has 1 unspecified atom stereocenters. The highest BCUT2D eigenvalue weighted by Crippen LogP contribution is 2.25. The highest BCUT2D eigenvalue weighted by Gasteiger charge is 2.28. The molecule has 15 heavy (non-hydrogen) atoms. The van der Waals surface area contributed by atoms with E-state index in [0.717, 1.165) is 12.8 Å². The Kier molecular flexibility index (Phi) is 3.13. The quantitative estimate of drug-likeness (QED) is 0.801. The first-order chi connectivity index (χ1) is 7.10. The van der Waals surface area contributed by atoms with Crippen molar-refractivity contribution in [2.45, 2.75) is 24.0 Å². The highest BCUT2D eigenvalue weighted by atomic mass is 32.2. The largest absolute Gasteiger partial charge is 0.252 e. The molecule has 0 radical (unpaired) electrons. The van der Waals surface area contributed by atoms with Crippen molar-refractivity contribution in [2.75, 3.05) is 13.1 Å². The van der Waals surface area contributed by atoms with E-state index in [1.54, 1.807) is 21.8 Å². The number of hydrogen-bond acceptors (Lipinski definition) is 3. The van der Waals surface area contributed by atoms with Crippen molar-refractivity contribution in [3.8, 4) is 0 Å². The first-order valence-corrected chi connectivity index (χ1v) is 7.46. The van der Waals surface area contributed by atoms with Gasteiger partial charge in [0.2, 0.25) is 0 Å². The van der Waals surface area contributed by atoms with E-state index < -0.39 is 10.0 Å². The monoisotopic (exact) mass is 245 g/mol. The maximum Gasteiger partial charge on any atom is 0.252 e. The van der Waals surface area contributed by atoms with Crippen LogP contribution in [0.25, 0.3) is 0 Å². The fourth-order valence-corrected chi connectivity index (χ4v) is 4.65. The smallest absolute Gasteiger partial charge is 0.206 e. The van der Waals surface area contributed by atoms with Gasteiger partial charge in [-0.2, -0.15) is 4.31 Å². The lowest BCUT2D eigenvalue weighted by molar-refractivity contribution is 0.281. The van der Waals surface area contributed by atoms with Gasteiger partial charge in [0.25, 0.3) is 10.0 Å². The molecule has 84 valence electrons. The van der Waals surface area contributed by atoms with Crippen molar-refractivity contribution in [3.05, 3.63) is 17.5 Å². The van der Waals surface area contributed by atoms with E-state index in [1.807, 2.05) is 0 Å². The Bertz CT molecular complexity index is 411. The zero-order valence-corrected chi connectivity index (χ0v) is 10.4. The molecule has 1 atom stereocenters. The lowest BCUT2D eigenvalue weighted by Crippen LogP contribution is -2.38. The molecule has 3 nitrogen and oxygen atoms in total. The van der Waals surface area contributed by atoms with E-state index in [4.69, 9.17) is 0 Å². The molecule has 5 heteroatoms. The second-order valence-corrected chi connectivity index (χ2v) is 7.16. The average molecular weight is 245 g/mol. The summed E-state index contributed by atoms with van der Waals surface area (Å²) in [5, 5.41) is 1.81. The van der Waals surface area contributed by atoms with E-state index in [1.165, 1.54) is 11.3 Å². The summed E-state index contributed by atoms with van der Waals surface area (Å²) in [6, 6.07) is 3.46. The number of rotatable bonds is 2. The Morgan fingerprint density at radius 2 is 2.33 bits per heavy atom. The van der Waals surface area contributed by atoms with Crippen LogP contribution < -0.4 is 0 Å². The molecule has 0 amide bonds. The van der Waals surface area contributed by atoms with Gasteiger partial charge in [-0.05, 0) is 30.2 Å². The van der Waals surface area contributed by atoms with E-state index in [2.05, 4.69) is 6.92 Å². The van der Waals surface area contributed by atoms with Gasteiger partial charge in [0, 0.05) is 13.1 Å². The molecule has 1 fully saturated rings. The van der Waals surface area contributed by atoms with Crippen molar-refractivity contribution in [3.63, 3.8) is 0 Å². The van der Waals surface area contributed by atoms with Crippen LogP contribution in [0.3, 0.4) is 0 Å². The van der Waals surface area contributed by atoms with Crippen LogP contribution in [0.5, 0.6) is 0 Å². The minimum atomic E-state index is -3.20. The van der Waals surface area contributed by atoms with Crippen LogP contribution >= 0.6 is 11.3 Å². The van der Waals surface area contributed by atoms with Gasteiger partial charge in [-0.15, -0.1) is 11.3 Å². The van der Waals surface area contributed by atoms with Gasteiger partial charge >= 0.3 is 0 Å². The Morgan fingerprint density at radius 3 is 2.93 bits per heavy atom. The molecule has 1 aromatic rings. The molecule has 1 saturated heterocycles. The Hall–Kier alpha value is -0.390. The molecule has 1 aliphatic rings. The van der Waals surface area contributed by atoms with Gasteiger partial charge in [-0.25, -0.2) is 8.42 Å². The third-order valence-corrected chi connectivity index (χ3v) is 5.95. The van der Waals surface area contributed by atoms with Gasteiger partial charge in [0.15, 0.2) is 0 Å². The third kappa shape index (κ3) is 2.24. The second kappa shape index (κ2) is 4.23. The number of nitrogens with zero attached hydrogens (tertiary/aromatic N) is 1. The normalized spacial score (nSPS) is 24.2. The third-order valence-electron chi connectivity index (χ3n) is 2.71. The van der Waals surface area contributed by atoms with Gasteiger partial charge < -0.3 is 0 Å². The van der Waals surface area contributed by atoms with Gasteiger partial charge in [0.1, 0.15) is 4.21 Å². The van der Waals surface area contributed by atoms with Crippen LogP contribution in [0.2, 0.25) is 0 Å². The van der Waals surface area contributed by atoms with Crippen molar-refractivity contribution < 1.29 is 8.42 Å². The molecular formula is C10H15NO2S2. The summed E-state index contributed by atoms with van der Waals surface area (Å²) in [5.41, 5.74) is 0. The molecule has 2 heterocycles. The number of thiophene rings is 1. The molecule has 2 rings (SSSR count). The summed E-state index contributed by atoms with van der Waals surface area (Å²) in [4.78, 5) is 0. The Morgan fingerprint density at radius 1 is 1.53 bits per heavy atom. The minimum Gasteiger partial charge on any atom is -0.206 e. The van der Waals surface area contributed by atoms with Crippen LogP contribution in [0.4, 0.5) is 0 Å². The van der Waals surface area contributed by atoms with E-state index in [0.29, 0.717) is 23.2 Å². The van der Waals surface area contributed by atoms with Crippen LogP contribution in [0.1, 0.15) is 19.8 Å². The van der Waals surface area contributed by atoms with E-state index in [9.17, 15) is 8.42 Å². The van der Waals surface area contributed by atoms with Crippen LogP contribution in [-0.2, 0) is 10.0 Å². The maximum absolute atomic E-state index is 12.1. The average Bonchev–Trinajstić information content (AvgIpc) is 2.71. The Labute approximate surface area is 94.8 Å². The number of hydrogen-bond donors (Lipinski definition) is 0. The number of piperidine rings is 1. The standard InChI is InChI=1S/C10H15NO2S2/c1-9-4-2-6-11(8-9)15(12,13)10-5-3-7-14-10/h3,5,7,9H,2,4,6,8H2,1H3. The second-order valence-electron chi connectivity index (χ2n) is 4.04. The predicted molar refractivity (Wildman–Crippen MR) is 61.5 cm³/mol. The molecule has 0 aromatic carbocycles. The SMILES string of the molecule is CC1CCCN(S(=O)(=O)c2cccs2)C1. The predicted octanol–water partition coefficient (Wildman–Crippen LogP) is 2.17. The van der Waals surface area contributed by atoms with Crippen LogP contribution in [0.15, 0.2) is 21.7 Å².